The van der Waals surface area contributed by atoms with Crippen LogP contribution in [-0.4, -0.2) is 4.98 Å². The Balaban J connectivity index is 2.08. The predicted molar refractivity (Wildman–Crippen MR) is 70.9 cm³/mol. The van der Waals surface area contributed by atoms with E-state index in [-0.39, 0.29) is 5.82 Å². The molecular weight excluding hydrogens is 269 g/mol. The molecule has 3 rings (SSSR count). The monoisotopic (exact) mass is 277 g/mol. The Morgan fingerprint density at radius 3 is 2.79 bits per heavy atom. The van der Waals surface area contributed by atoms with E-state index in [4.69, 9.17) is 16.0 Å². The third-order valence-corrected chi connectivity index (χ3v) is 3.40. The fourth-order valence-corrected chi connectivity index (χ4v) is 2.29. The lowest BCUT2D eigenvalue weighted by Crippen LogP contribution is -1.96. The second-order valence-electron chi connectivity index (χ2n) is 4.15. The lowest BCUT2D eigenvalue weighted by Gasteiger charge is -2.10. The molecule has 0 bridgehead atoms. The van der Waals surface area contributed by atoms with Crippen LogP contribution in [0, 0.1) is 5.82 Å². The first-order valence-corrected chi connectivity index (χ1v) is 6.10. The van der Waals surface area contributed by atoms with Gasteiger partial charge in [0.1, 0.15) is 5.82 Å². The Morgan fingerprint density at radius 1 is 1.21 bits per heavy atom. The van der Waals surface area contributed by atoms with E-state index in [0.717, 1.165) is 0 Å². The molecule has 0 aliphatic carbocycles. The summed E-state index contributed by atoms with van der Waals surface area (Å²) >= 11 is 6.27. The minimum atomic E-state index is -0.634. The van der Waals surface area contributed by atoms with Gasteiger partial charge in [0, 0.05) is 5.56 Å². The van der Waals surface area contributed by atoms with Crippen LogP contribution in [0.25, 0.3) is 11.1 Å². The number of H-pyrrole nitrogens is 1. The molecule has 1 N–H and O–H groups in total. The number of fused-ring (bicyclic) bond motifs is 1. The quantitative estimate of drug-likeness (QED) is 0.728. The number of aromatic nitrogens is 1. The molecule has 0 saturated heterocycles. The molecule has 2 aromatic carbocycles. The van der Waals surface area contributed by atoms with E-state index < -0.39 is 11.1 Å². The fraction of sp³-hybridized carbons (Fsp3) is 0.0714. The smallest absolute Gasteiger partial charge is 0.408 e. The van der Waals surface area contributed by atoms with Crippen molar-refractivity contribution in [1.29, 1.82) is 0 Å². The van der Waals surface area contributed by atoms with Gasteiger partial charge in [0.2, 0.25) is 0 Å². The van der Waals surface area contributed by atoms with Crippen molar-refractivity contribution in [3.63, 3.8) is 0 Å². The van der Waals surface area contributed by atoms with E-state index >= 15 is 0 Å². The summed E-state index contributed by atoms with van der Waals surface area (Å²) in [4.78, 5) is 13.6. The first-order valence-electron chi connectivity index (χ1n) is 5.66. The average molecular weight is 278 g/mol. The van der Waals surface area contributed by atoms with E-state index in [2.05, 4.69) is 4.98 Å². The third kappa shape index (κ3) is 2.15. The zero-order valence-corrected chi connectivity index (χ0v) is 10.4. The number of oxazole rings is 1. The van der Waals surface area contributed by atoms with Crippen molar-refractivity contribution in [3.8, 4) is 0 Å². The number of alkyl halides is 1. The summed E-state index contributed by atoms with van der Waals surface area (Å²) in [6.45, 7) is 0. The maximum absolute atomic E-state index is 13.7. The van der Waals surface area contributed by atoms with Gasteiger partial charge < -0.3 is 4.42 Å². The number of halogens is 2. The molecule has 1 aromatic heterocycles. The highest BCUT2D eigenvalue weighted by molar-refractivity contribution is 6.22. The summed E-state index contributed by atoms with van der Waals surface area (Å²) in [7, 11) is 0. The van der Waals surface area contributed by atoms with Gasteiger partial charge in [-0.2, -0.15) is 0 Å². The van der Waals surface area contributed by atoms with E-state index in [1.807, 2.05) is 0 Å². The van der Waals surface area contributed by atoms with Gasteiger partial charge in [-0.3, -0.25) is 4.98 Å². The molecular formula is C14H9ClFNO2. The molecule has 0 aliphatic rings. The van der Waals surface area contributed by atoms with Gasteiger partial charge in [0.15, 0.2) is 5.58 Å². The zero-order chi connectivity index (χ0) is 13.4. The van der Waals surface area contributed by atoms with Crippen LogP contribution in [0.15, 0.2) is 51.7 Å². The maximum Gasteiger partial charge on any atom is 0.417 e. The molecule has 1 atom stereocenters. The van der Waals surface area contributed by atoms with E-state index in [1.165, 1.54) is 6.07 Å². The topological polar surface area (TPSA) is 46.0 Å². The van der Waals surface area contributed by atoms with Crippen molar-refractivity contribution in [2.24, 2.45) is 0 Å². The molecule has 3 aromatic rings. The van der Waals surface area contributed by atoms with E-state index in [9.17, 15) is 9.18 Å². The first-order chi connectivity index (χ1) is 9.15. The normalized spacial score (nSPS) is 12.7. The highest BCUT2D eigenvalue weighted by Crippen LogP contribution is 2.31. The van der Waals surface area contributed by atoms with Gasteiger partial charge in [0.05, 0.1) is 10.9 Å². The molecule has 0 aliphatic heterocycles. The van der Waals surface area contributed by atoms with Crippen LogP contribution in [0.1, 0.15) is 16.5 Å². The summed E-state index contributed by atoms with van der Waals surface area (Å²) in [5.74, 6) is -0.887. The molecule has 0 radical (unpaired) electrons. The number of hydrogen-bond acceptors (Lipinski definition) is 2. The van der Waals surface area contributed by atoms with E-state index in [0.29, 0.717) is 22.2 Å². The molecule has 1 heterocycles. The van der Waals surface area contributed by atoms with Gasteiger partial charge >= 0.3 is 5.76 Å². The van der Waals surface area contributed by atoms with Crippen molar-refractivity contribution in [3.05, 3.63) is 70.0 Å². The van der Waals surface area contributed by atoms with Crippen molar-refractivity contribution in [2.45, 2.75) is 5.38 Å². The number of aromatic amines is 1. The maximum atomic E-state index is 13.7. The highest BCUT2D eigenvalue weighted by atomic mass is 35.5. The summed E-state index contributed by atoms with van der Waals surface area (Å²) in [5, 5.41) is -0.634. The molecule has 0 amide bonds. The summed E-state index contributed by atoms with van der Waals surface area (Å²) in [6.07, 6.45) is 0. The second-order valence-corrected chi connectivity index (χ2v) is 4.59. The van der Waals surface area contributed by atoms with Gasteiger partial charge in [-0.15, -0.1) is 11.6 Å². The largest absolute Gasteiger partial charge is 0.417 e. The van der Waals surface area contributed by atoms with Crippen LogP contribution in [0.2, 0.25) is 0 Å². The van der Waals surface area contributed by atoms with Gasteiger partial charge in [-0.1, -0.05) is 24.3 Å². The summed E-state index contributed by atoms with van der Waals surface area (Å²) in [5.41, 5.74) is 2.05. The minimum absolute atomic E-state index is 0.363. The van der Waals surface area contributed by atoms with Crippen LogP contribution < -0.4 is 5.76 Å². The van der Waals surface area contributed by atoms with Gasteiger partial charge in [0.25, 0.3) is 0 Å². The van der Waals surface area contributed by atoms with Crippen LogP contribution in [0.5, 0.6) is 0 Å². The zero-order valence-electron chi connectivity index (χ0n) is 9.69. The first kappa shape index (κ1) is 12.0. The Morgan fingerprint density at radius 2 is 2.00 bits per heavy atom. The molecule has 0 saturated carbocycles. The van der Waals surface area contributed by atoms with Crippen LogP contribution in [0.4, 0.5) is 4.39 Å². The average Bonchev–Trinajstić information content (AvgIpc) is 2.77. The lowest BCUT2D eigenvalue weighted by atomic mass is 10.0. The predicted octanol–water partition coefficient (Wildman–Crippen LogP) is 3.59. The molecule has 3 nitrogen and oxygen atoms in total. The Kier molecular flexibility index (Phi) is 2.87. The van der Waals surface area contributed by atoms with Crippen molar-refractivity contribution in [1.82, 2.24) is 4.98 Å². The summed E-state index contributed by atoms with van der Waals surface area (Å²) in [6, 6.07) is 11.4. The second kappa shape index (κ2) is 4.55. The number of nitrogens with one attached hydrogen (secondary N) is 1. The van der Waals surface area contributed by atoms with E-state index in [1.54, 1.807) is 36.4 Å². The SMILES string of the molecule is O=c1[nH]c2ccc(C(Cl)c3ccccc3F)cc2o1. The fourth-order valence-electron chi connectivity index (χ4n) is 1.98. The molecule has 0 spiro atoms. The number of rotatable bonds is 2. The number of hydrogen-bond donors (Lipinski definition) is 1. The minimum Gasteiger partial charge on any atom is -0.408 e. The Bertz CT molecular complexity index is 793. The highest BCUT2D eigenvalue weighted by Gasteiger charge is 2.16. The molecule has 5 heteroatoms. The van der Waals surface area contributed by atoms with Crippen molar-refractivity contribution in [2.75, 3.05) is 0 Å². The molecule has 1 unspecified atom stereocenters. The Hall–Kier alpha value is -2.07. The lowest BCUT2D eigenvalue weighted by molar-refractivity contribution is 0.555. The van der Waals surface area contributed by atoms with Crippen molar-refractivity contribution < 1.29 is 8.81 Å². The number of benzene rings is 2. The third-order valence-electron chi connectivity index (χ3n) is 2.92. The Labute approximate surface area is 112 Å². The molecule has 96 valence electrons. The van der Waals surface area contributed by atoms with Crippen molar-refractivity contribution >= 4 is 22.7 Å². The van der Waals surface area contributed by atoms with Gasteiger partial charge in [-0.25, -0.2) is 9.18 Å². The van der Waals surface area contributed by atoms with Crippen LogP contribution in [-0.2, 0) is 0 Å². The standard InChI is InChI=1S/C14H9ClFNO2/c15-13(9-3-1-2-4-10(9)16)8-5-6-11-12(7-8)19-14(18)17-11/h1-7,13H,(H,17,18). The molecule has 19 heavy (non-hydrogen) atoms. The molecule has 0 fully saturated rings. The van der Waals surface area contributed by atoms with Crippen LogP contribution >= 0.6 is 11.6 Å². The van der Waals surface area contributed by atoms with Gasteiger partial charge in [-0.05, 0) is 23.8 Å². The summed E-state index contributed by atoms with van der Waals surface area (Å²) < 4.78 is 18.6. The van der Waals surface area contributed by atoms with Crippen LogP contribution in [0.3, 0.4) is 0 Å².